The van der Waals surface area contributed by atoms with Crippen LogP contribution in [0.25, 0.3) is 0 Å². The number of halogens is 2. The van der Waals surface area contributed by atoms with E-state index in [-0.39, 0.29) is 19.1 Å². The number of aliphatic hydroxyl groups is 1. The molecule has 0 fully saturated rings. The molecule has 1 aromatic rings. The van der Waals surface area contributed by atoms with Crippen molar-refractivity contribution in [1.29, 1.82) is 0 Å². The summed E-state index contributed by atoms with van der Waals surface area (Å²) in [6.45, 7) is 3.01. The van der Waals surface area contributed by atoms with Crippen LogP contribution in [-0.2, 0) is 4.79 Å². The van der Waals surface area contributed by atoms with Gasteiger partial charge in [0.1, 0.15) is 0 Å². The Labute approximate surface area is 123 Å². The van der Waals surface area contributed by atoms with Gasteiger partial charge >= 0.3 is 0 Å². The number of amides is 1. The minimum atomic E-state index is -0.203. The highest BCUT2D eigenvalue weighted by molar-refractivity contribution is 6.39. The summed E-state index contributed by atoms with van der Waals surface area (Å²) in [5.41, 5.74) is 0.432. The molecule has 0 aliphatic heterocycles. The number of hydrogen-bond acceptors (Lipinski definition) is 3. The molecule has 1 aromatic carbocycles. The normalized spacial score (nSPS) is 12.2. The van der Waals surface area contributed by atoms with Crippen LogP contribution in [0.15, 0.2) is 18.2 Å². The molecule has 19 heavy (non-hydrogen) atoms. The van der Waals surface area contributed by atoms with Gasteiger partial charge in [-0.25, -0.2) is 0 Å². The van der Waals surface area contributed by atoms with Gasteiger partial charge in [0, 0.05) is 6.61 Å². The van der Waals surface area contributed by atoms with Gasteiger partial charge in [-0.05, 0) is 31.0 Å². The lowest BCUT2D eigenvalue weighted by Crippen LogP contribution is -2.31. The molecule has 0 aliphatic carbocycles. The average Bonchev–Trinajstić information content (AvgIpc) is 2.34. The summed E-state index contributed by atoms with van der Waals surface area (Å²) in [7, 11) is 0. The monoisotopic (exact) mass is 304 g/mol. The molecule has 106 valence electrons. The lowest BCUT2D eigenvalue weighted by atomic mass is 10.1. The van der Waals surface area contributed by atoms with Crippen LogP contribution in [0.3, 0.4) is 0 Å². The van der Waals surface area contributed by atoms with Crippen LogP contribution in [0.1, 0.15) is 13.3 Å². The second-order valence-corrected chi connectivity index (χ2v) is 5.21. The molecule has 4 nitrogen and oxygen atoms in total. The lowest BCUT2D eigenvalue weighted by Gasteiger charge is -2.12. The Balaban J connectivity index is 2.39. The molecule has 0 saturated carbocycles. The average molecular weight is 305 g/mol. The number of carbonyl (C=O) groups excluding carboxylic acids is 1. The molecular weight excluding hydrogens is 287 g/mol. The summed E-state index contributed by atoms with van der Waals surface area (Å²) in [6, 6.07) is 5.05. The lowest BCUT2D eigenvalue weighted by molar-refractivity contribution is -0.115. The molecule has 0 aromatic heterocycles. The molecule has 0 radical (unpaired) electrons. The first-order valence-corrected chi connectivity index (χ1v) is 6.85. The van der Waals surface area contributed by atoms with Gasteiger partial charge in [-0.1, -0.05) is 36.2 Å². The zero-order valence-electron chi connectivity index (χ0n) is 10.7. The van der Waals surface area contributed by atoms with Gasteiger partial charge in [0.2, 0.25) is 5.91 Å². The summed E-state index contributed by atoms with van der Waals surface area (Å²) in [5, 5.41) is 15.3. The Hall–Kier alpha value is -0.810. The van der Waals surface area contributed by atoms with Crippen molar-refractivity contribution in [2.24, 2.45) is 5.92 Å². The minimum absolute atomic E-state index is 0.157. The van der Waals surface area contributed by atoms with Crippen LogP contribution in [0.2, 0.25) is 10.0 Å². The largest absolute Gasteiger partial charge is 0.396 e. The predicted octanol–water partition coefficient (Wildman–Crippen LogP) is 2.54. The van der Waals surface area contributed by atoms with Crippen molar-refractivity contribution >= 4 is 34.8 Å². The Morgan fingerprint density at radius 3 is 2.58 bits per heavy atom. The number of hydrogen-bond donors (Lipinski definition) is 3. The van der Waals surface area contributed by atoms with Crippen LogP contribution in [0.4, 0.5) is 5.69 Å². The van der Waals surface area contributed by atoms with E-state index in [1.54, 1.807) is 18.2 Å². The number of para-hydroxylation sites is 1. The fraction of sp³-hybridized carbons (Fsp3) is 0.462. The highest BCUT2D eigenvalue weighted by Gasteiger charge is 2.09. The number of anilines is 1. The van der Waals surface area contributed by atoms with Gasteiger partial charge in [-0.15, -0.1) is 0 Å². The zero-order valence-corrected chi connectivity index (χ0v) is 12.3. The molecular formula is C13H18Cl2N2O2. The predicted molar refractivity (Wildman–Crippen MR) is 78.8 cm³/mol. The number of carbonyl (C=O) groups is 1. The van der Waals surface area contributed by atoms with Gasteiger partial charge in [0.25, 0.3) is 0 Å². The quantitative estimate of drug-likeness (QED) is 0.725. The Kier molecular flexibility index (Phi) is 7.16. The van der Waals surface area contributed by atoms with E-state index in [9.17, 15) is 4.79 Å². The maximum absolute atomic E-state index is 11.7. The van der Waals surface area contributed by atoms with Gasteiger partial charge in [0.15, 0.2) is 0 Å². The van der Waals surface area contributed by atoms with Gasteiger partial charge < -0.3 is 15.7 Å². The van der Waals surface area contributed by atoms with Crippen LogP contribution in [-0.4, -0.2) is 30.7 Å². The third kappa shape index (κ3) is 5.78. The van der Waals surface area contributed by atoms with Crippen molar-refractivity contribution in [3.05, 3.63) is 28.2 Å². The van der Waals surface area contributed by atoms with Crippen molar-refractivity contribution in [3.63, 3.8) is 0 Å². The Morgan fingerprint density at radius 2 is 2.00 bits per heavy atom. The molecule has 1 atom stereocenters. The van der Waals surface area contributed by atoms with Crippen molar-refractivity contribution in [2.45, 2.75) is 13.3 Å². The van der Waals surface area contributed by atoms with Crippen LogP contribution in [0.5, 0.6) is 0 Å². The van der Waals surface area contributed by atoms with Crippen molar-refractivity contribution < 1.29 is 9.90 Å². The molecule has 0 heterocycles. The highest BCUT2D eigenvalue weighted by atomic mass is 35.5. The zero-order chi connectivity index (χ0) is 14.3. The molecule has 3 N–H and O–H groups in total. The summed E-state index contributed by atoms with van der Waals surface area (Å²) in [6.07, 6.45) is 0.713. The second kappa shape index (κ2) is 8.38. The smallest absolute Gasteiger partial charge is 0.238 e. The van der Waals surface area contributed by atoms with Crippen molar-refractivity contribution in [2.75, 3.05) is 25.0 Å². The summed E-state index contributed by atoms with van der Waals surface area (Å²) in [4.78, 5) is 11.7. The standard InChI is InChI=1S/C13H18Cl2N2O2/c1-9(5-6-18)7-16-8-12(19)17-13-10(14)3-2-4-11(13)15/h2-4,9,16,18H,5-8H2,1H3,(H,17,19). The molecule has 1 amide bonds. The molecule has 0 saturated heterocycles. The summed E-state index contributed by atoms with van der Waals surface area (Å²) in [5.74, 6) is 0.118. The Morgan fingerprint density at radius 1 is 1.37 bits per heavy atom. The number of benzene rings is 1. The van der Waals surface area contributed by atoms with E-state index in [1.165, 1.54) is 0 Å². The van der Waals surface area contributed by atoms with E-state index in [1.807, 2.05) is 6.92 Å². The van der Waals surface area contributed by atoms with E-state index in [0.717, 1.165) is 0 Å². The van der Waals surface area contributed by atoms with Crippen LogP contribution >= 0.6 is 23.2 Å². The molecule has 6 heteroatoms. The van der Waals surface area contributed by atoms with Gasteiger partial charge in [-0.3, -0.25) is 4.79 Å². The molecule has 0 spiro atoms. The van der Waals surface area contributed by atoms with Crippen molar-refractivity contribution in [3.8, 4) is 0 Å². The third-order valence-electron chi connectivity index (χ3n) is 2.63. The fourth-order valence-electron chi connectivity index (χ4n) is 1.56. The molecule has 0 aliphatic rings. The van der Waals surface area contributed by atoms with E-state index in [4.69, 9.17) is 28.3 Å². The second-order valence-electron chi connectivity index (χ2n) is 4.39. The topological polar surface area (TPSA) is 61.4 Å². The summed E-state index contributed by atoms with van der Waals surface area (Å²) >= 11 is 11.9. The first-order chi connectivity index (χ1) is 9.04. The van der Waals surface area contributed by atoms with E-state index >= 15 is 0 Å². The molecule has 1 rings (SSSR count). The number of aliphatic hydroxyl groups excluding tert-OH is 1. The van der Waals surface area contributed by atoms with Crippen molar-refractivity contribution in [1.82, 2.24) is 5.32 Å². The van der Waals surface area contributed by atoms with E-state index in [0.29, 0.717) is 34.6 Å². The first-order valence-electron chi connectivity index (χ1n) is 6.10. The van der Waals surface area contributed by atoms with Crippen LogP contribution < -0.4 is 10.6 Å². The number of rotatable bonds is 7. The highest BCUT2D eigenvalue weighted by Crippen LogP contribution is 2.29. The minimum Gasteiger partial charge on any atom is -0.396 e. The van der Waals surface area contributed by atoms with Gasteiger partial charge in [-0.2, -0.15) is 0 Å². The molecule has 1 unspecified atom stereocenters. The SMILES string of the molecule is CC(CCO)CNCC(=O)Nc1c(Cl)cccc1Cl. The van der Waals surface area contributed by atoms with E-state index < -0.39 is 0 Å². The van der Waals surface area contributed by atoms with E-state index in [2.05, 4.69) is 10.6 Å². The van der Waals surface area contributed by atoms with Crippen LogP contribution in [0, 0.1) is 5.92 Å². The number of nitrogens with one attached hydrogen (secondary N) is 2. The fourth-order valence-corrected chi connectivity index (χ4v) is 2.05. The van der Waals surface area contributed by atoms with Gasteiger partial charge in [0.05, 0.1) is 22.3 Å². The third-order valence-corrected chi connectivity index (χ3v) is 3.26. The molecule has 0 bridgehead atoms. The Bertz CT molecular complexity index is 407. The first kappa shape index (κ1) is 16.2. The summed E-state index contributed by atoms with van der Waals surface area (Å²) < 4.78 is 0. The maximum atomic E-state index is 11.7. The maximum Gasteiger partial charge on any atom is 0.238 e.